The first-order chi connectivity index (χ1) is 22.9. The molecule has 0 radical (unpaired) electrons. The number of carbonyl (C=O) groups excluding carboxylic acids is 2. The summed E-state index contributed by atoms with van der Waals surface area (Å²) in [5.41, 5.74) is 1.15. The van der Waals surface area contributed by atoms with Crippen LogP contribution in [-0.4, -0.2) is 64.1 Å². The van der Waals surface area contributed by atoms with E-state index in [0.717, 1.165) is 16.7 Å². The van der Waals surface area contributed by atoms with E-state index < -0.39 is 49.8 Å². The molecule has 4 rings (SSSR count). The van der Waals surface area contributed by atoms with Crippen LogP contribution in [0.2, 0.25) is 18.1 Å². The molecule has 2 N–H and O–H groups in total. The summed E-state index contributed by atoms with van der Waals surface area (Å²) in [6.45, 7) is 11.2. The molecule has 1 amide bonds. The van der Waals surface area contributed by atoms with Crippen LogP contribution in [0.4, 0.5) is 4.79 Å². The number of amides is 1. The van der Waals surface area contributed by atoms with Crippen molar-refractivity contribution in [2.24, 2.45) is 17.8 Å². The van der Waals surface area contributed by atoms with Crippen LogP contribution in [0.15, 0.2) is 91.0 Å². The predicted molar refractivity (Wildman–Crippen MR) is 186 cm³/mol. The highest BCUT2D eigenvalue weighted by Gasteiger charge is 2.65. The van der Waals surface area contributed by atoms with E-state index in [1.807, 2.05) is 91.0 Å². The molecule has 1 fully saturated rings. The fourth-order valence-corrected chi connectivity index (χ4v) is 7.01. The number of methoxy groups -OCH3 is 1. The summed E-state index contributed by atoms with van der Waals surface area (Å²) >= 11 is 0. The normalized spacial score (nSPS) is 22.6. The molecule has 1 saturated carbocycles. The zero-order valence-electron chi connectivity index (χ0n) is 29.0. The van der Waals surface area contributed by atoms with Crippen LogP contribution in [0.3, 0.4) is 0 Å². The molecule has 10 heteroatoms. The molecule has 1 aliphatic carbocycles. The number of ether oxygens (including phenoxy) is 4. The summed E-state index contributed by atoms with van der Waals surface area (Å²) in [5, 5.41) is 15.1. The molecule has 1 aliphatic rings. The molecule has 0 spiro atoms. The summed E-state index contributed by atoms with van der Waals surface area (Å²) in [6, 6.07) is 28.8. The average molecular weight is 678 g/mol. The zero-order chi connectivity index (χ0) is 34.8. The number of aliphatic hydroxyl groups excluding tert-OH is 1. The molecule has 5 atom stereocenters. The second-order valence-electron chi connectivity index (χ2n) is 14.1. The standard InChI is InChI=1S/C38H51NO8Si/c1-37(2,3)48(5,6)47-27-38(39-36(42)46-24-30-20-14-9-15-21-30)33(35(41)43-4)31(25-44-22-28-16-10-7-11-17-28)32(34(38)40)26-45-23-29-18-12-8-13-19-29/h7-21,31-34,40H,22-27H2,1-6H3,(H,39,42)/t31-,32-,33+,34+,38+/m1/s1. The van der Waals surface area contributed by atoms with E-state index in [4.69, 9.17) is 23.4 Å². The highest BCUT2D eigenvalue weighted by atomic mass is 28.4. The number of esters is 1. The number of aliphatic hydroxyl groups is 1. The lowest BCUT2D eigenvalue weighted by Crippen LogP contribution is -2.65. The molecule has 9 nitrogen and oxygen atoms in total. The Kier molecular flexibility index (Phi) is 13.0. The van der Waals surface area contributed by atoms with Gasteiger partial charge in [0.15, 0.2) is 8.32 Å². The molecular formula is C38H51NO8Si. The second kappa shape index (κ2) is 16.7. The van der Waals surface area contributed by atoms with E-state index in [1.165, 1.54) is 7.11 Å². The number of hydrogen-bond donors (Lipinski definition) is 2. The van der Waals surface area contributed by atoms with Crippen LogP contribution in [0.1, 0.15) is 37.5 Å². The van der Waals surface area contributed by atoms with Gasteiger partial charge < -0.3 is 33.8 Å². The van der Waals surface area contributed by atoms with Gasteiger partial charge in [-0.1, -0.05) is 112 Å². The van der Waals surface area contributed by atoms with Crippen molar-refractivity contribution >= 4 is 20.4 Å². The number of hydrogen-bond acceptors (Lipinski definition) is 8. The maximum Gasteiger partial charge on any atom is 0.408 e. The summed E-state index contributed by atoms with van der Waals surface area (Å²) in [5.74, 6) is -2.84. The first-order valence-electron chi connectivity index (χ1n) is 16.5. The Labute approximate surface area is 286 Å². The van der Waals surface area contributed by atoms with Gasteiger partial charge >= 0.3 is 12.1 Å². The molecule has 0 aromatic heterocycles. The third kappa shape index (κ3) is 9.33. The van der Waals surface area contributed by atoms with E-state index >= 15 is 0 Å². The molecule has 3 aromatic carbocycles. The van der Waals surface area contributed by atoms with Crippen molar-refractivity contribution in [2.75, 3.05) is 26.9 Å². The molecular weight excluding hydrogens is 627 g/mol. The number of alkyl carbamates (subject to hydrolysis) is 1. The minimum absolute atomic E-state index is 0.0120. The van der Waals surface area contributed by atoms with Crippen molar-refractivity contribution in [2.45, 2.75) is 70.4 Å². The summed E-state index contributed by atoms with van der Waals surface area (Å²) in [7, 11) is -1.14. The summed E-state index contributed by atoms with van der Waals surface area (Å²) in [6.07, 6.45) is -2.04. The van der Waals surface area contributed by atoms with Crippen LogP contribution in [0, 0.1) is 17.8 Å². The van der Waals surface area contributed by atoms with Crippen molar-refractivity contribution in [1.82, 2.24) is 5.32 Å². The first kappa shape index (κ1) is 37.3. The van der Waals surface area contributed by atoms with Gasteiger partial charge in [0.05, 0.1) is 52.2 Å². The smallest absolute Gasteiger partial charge is 0.408 e. The lowest BCUT2D eigenvalue weighted by Gasteiger charge is -2.43. The number of nitrogens with one attached hydrogen (secondary N) is 1. The van der Waals surface area contributed by atoms with Crippen molar-refractivity contribution in [3.63, 3.8) is 0 Å². The topological polar surface area (TPSA) is 113 Å². The van der Waals surface area contributed by atoms with E-state index in [1.54, 1.807) is 0 Å². The van der Waals surface area contributed by atoms with Gasteiger partial charge in [-0.2, -0.15) is 0 Å². The van der Waals surface area contributed by atoms with Crippen molar-refractivity contribution in [3.05, 3.63) is 108 Å². The highest BCUT2D eigenvalue weighted by molar-refractivity contribution is 6.74. The van der Waals surface area contributed by atoms with Gasteiger partial charge in [-0.25, -0.2) is 4.79 Å². The van der Waals surface area contributed by atoms with Crippen LogP contribution in [0.25, 0.3) is 0 Å². The minimum atomic E-state index is -2.45. The molecule has 48 heavy (non-hydrogen) atoms. The SMILES string of the molecule is COC(=O)[C@@H]1[C@H](COCc2ccccc2)[C@@H](COCc2ccccc2)[C@H](O)[C@@]1(CO[Si](C)(C)C(C)(C)C)NC(=O)OCc1ccccc1. The Bertz CT molecular complexity index is 1430. The molecule has 0 saturated heterocycles. The molecule has 0 heterocycles. The molecule has 260 valence electrons. The Morgan fingerprint density at radius 2 is 1.23 bits per heavy atom. The third-order valence-electron chi connectivity index (χ3n) is 9.79. The quantitative estimate of drug-likeness (QED) is 0.139. The van der Waals surface area contributed by atoms with Gasteiger partial charge in [-0.05, 0) is 34.8 Å². The van der Waals surface area contributed by atoms with E-state index in [2.05, 4.69) is 39.2 Å². The predicted octanol–water partition coefficient (Wildman–Crippen LogP) is 6.50. The van der Waals surface area contributed by atoms with E-state index in [0.29, 0.717) is 13.2 Å². The lowest BCUT2D eigenvalue weighted by atomic mass is 9.82. The van der Waals surface area contributed by atoms with Gasteiger partial charge in [0.2, 0.25) is 0 Å². The Morgan fingerprint density at radius 1 is 0.771 bits per heavy atom. The Balaban J connectivity index is 1.69. The molecule has 3 aromatic rings. The Morgan fingerprint density at radius 3 is 1.69 bits per heavy atom. The van der Waals surface area contributed by atoms with E-state index in [-0.39, 0.29) is 31.5 Å². The Hall–Kier alpha value is -3.54. The minimum Gasteiger partial charge on any atom is -0.469 e. The molecule has 0 bridgehead atoms. The zero-order valence-corrected chi connectivity index (χ0v) is 30.0. The van der Waals surface area contributed by atoms with Gasteiger partial charge in [0, 0.05) is 11.8 Å². The van der Waals surface area contributed by atoms with Crippen molar-refractivity contribution in [3.8, 4) is 0 Å². The maximum atomic E-state index is 13.9. The number of benzene rings is 3. The number of carbonyl (C=O) groups is 2. The first-order valence-corrected chi connectivity index (χ1v) is 19.4. The van der Waals surface area contributed by atoms with Crippen LogP contribution in [-0.2, 0) is 48.0 Å². The van der Waals surface area contributed by atoms with Crippen LogP contribution >= 0.6 is 0 Å². The summed E-state index contributed by atoms with van der Waals surface area (Å²) < 4.78 is 30.2. The van der Waals surface area contributed by atoms with Gasteiger partial charge in [-0.15, -0.1) is 0 Å². The molecule has 0 unspecified atom stereocenters. The summed E-state index contributed by atoms with van der Waals surface area (Å²) in [4.78, 5) is 27.5. The third-order valence-corrected chi connectivity index (χ3v) is 14.3. The number of rotatable bonds is 15. The van der Waals surface area contributed by atoms with Crippen molar-refractivity contribution < 1.29 is 38.1 Å². The van der Waals surface area contributed by atoms with Crippen LogP contribution in [0.5, 0.6) is 0 Å². The second-order valence-corrected chi connectivity index (χ2v) is 18.9. The molecule has 0 aliphatic heterocycles. The van der Waals surface area contributed by atoms with E-state index in [9.17, 15) is 14.7 Å². The highest BCUT2D eigenvalue weighted by Crippen LogP contribution is 2.48. The van der Waals surface area contributed by atoms with Crippen LogP contribution < -0.4 is 5.32 Å². The largest absolute Gasteiger partial charge is 0.469 e. The average Bonchev–Trinajstić information content (AvgIpc) is 3.29. The fraction of sp³-hybridized carbons (Fsp3) is 0.474. The van der Waals surface area contributed by atoms with Gasteiger partial charge in [0.1, 0.15) is 12.1 Å². The fourth-order valence-electron chi connectivity index (χ4n) is 5.98. The maximum absolute atomic E-state index is 13.9. The van der Waals surface area contributed by atoms with Crippen molar-refractivity contribution in [1.29, 1.82) is 0 Å². The van der Waals surface area contributed by atoms with Gasteiger partial charge in [0.25, 0.3) is 0 Å². The lowest BCUT2D eigenvalue weighted by molar-refractivity contribution is -0.152. The van der Waals surface area contributed by atoms with Gasteiger partial charge in [-0.3, -0.25) is 4.79 Å². The monoisotopic (exact) mass is 677 g/mol.